The second-order valence-corrected chi connectivity index (χ2v) is 11.2. The standard InChI is InChI=1S/C33H25NO3S2/c1-36-28-12-8-26(9-13-28)34(27-10-14-29(37-2)15-11-27)25-6-3-22(4-7-25)5-16-30-17-23-19-33-24(20-32(23)38-30)18-31(21-35)39-33/h3-21H,1-2H3/b16-5+. The molecule has 0 saturated heterocycles. The molecule has 192 valence electrons. The summed E-state index contributed by atoms with van der Waals surface area (Å²) in [5, 5.41) is 2.33. The van der Waals surface area contributed by atoms with Crippen LogP contribution >= 0.6 is 22.7 Å². The van der Waals surface area contributed by atoms with Gasteiger partial charge in [0.2, 0.25) is 0 Å². The van der Waals surface area contributed by atoms with Gasteiger partial charge in [-0.15, -0.1) is 22.7 Å². The van der Waals surface area contributed by atoms with Crippen molar-refractivity contribution in [2.24, 2.45) is 0 Å². The SMILES string of the molecule is COc1ccc(N(c2ccc(/C=C/c3cc4cc5sc(C=O)cc5cc4s3)cc2)c2ccc(OC)cc2)cc1. The van der Waals surface area contributed by atoms with E-state index in [2.05, 4.69) is 83.8 Å². The van der Waals surface area contributed by atoms with E-state index in [9.17, 15) is 4.79 Å². The van der Waals surface area contributed by atoms with Gasteiger partial charge in [-0.25, -0.2) is 0 Å². The van der Waals surface area contributed by atoms with Crippen LogP contribution in [0.3, 0.4) is 0 Å². The monoisotopic (exact) mass is 547 g/mol. The fourth-order valence-corrected chi connectivity index (χ4v) is 6.48. The lowest BCUT2D eigenvalue weighted by molar-refractivity contribution is 0.112. The highest BCUT2D eigenvalue weighted by atomic mass is 32.1. The number of hydrogen-bond donors (Lipinski definition) is 0. The highest BCUT2D eigenvalue weighted by molar-refractivity contribution is 7.21. The molecule has 6 aromatic rings. The van der Waals surface area contributed by atoms with Gasteiger partial charge >= 0.3 is 0 Å². The van der Waals surface area contributed by atoms with E-state index in [1.165, 1.54) is 26.3 Å². The molecule has 0 saturated carbocycles. The Hall–Kier alpha value is -4.39. The molecule has 0 aliphatic rings. The van der Waals surface area contributed by atoms with Crippen LogP contribution in [-0.4, -0.2) is 20.5 Å². The van der Waals surface area contributed by atoms with Crippen molar-refractivity contribution in [2.45, 2.75) is 0 Å². The van der Waals surface area contributed by atoms with Crippen molar-refractivity contribution >= 4 is 78.3 Å². The molecule has 0 N–H and O–H groups in total. The van der Waals surface area contributed by atoms with Crippen LogP contribution < -0.4 is 14.4 Å². The summed E-state index contributed by atoms with van der Waals surface area (Å²) in [6.45, 7) is 0. The number of carbonyl (C=O) groups is 1. The average Bonchev–Trinajstić information content (AvgIpc) is 3.58. The summed E-state index contributed by atoms with van der Waals surface area (Å²) in [7, 11) is 3.35. The first-order chi connectivity index (χ1) is 19.1. The van der Waals surface area contributed by atoms with Crippen molar-refractivity contribution in [3.05, 3.63) is 112 Å². The van der Waals surface area contributed by atoms with Crippen LogP contribution in [0.5, 0.6) is 11.5 Å². The van der Waals surface area contributed by atoms with Gasteiger partial charge < -0.3 is 14.4 Å². The van der Waals surface area contributed by atoms with E-state index in [0.717, 1.165) is 55.4 Å². The topological polar surface area (TPSA) is 38.8 Å². The number of hydrogen-bond acceptors (Lipinski definition) is 6. The van der Waals surface area contributed by atoms with Gasteiger partial charge in [-0.05, 0) is 107 Å². The second kappa shape index (κ2) is 10.8. The summed E-state index contributed by atoms with van der Waals surface area (Å²) in [5.41, 5.74) is 4.25. The maximum Gasteiger partial charge on any atom is 0.160 e. The van der Waals surface area contributed by atoms with Gasteiger partial charge in [0.1, 0.15) is 11.5 Å². The van der Waals surface area contributed by atoms with E-state index >= 15 is 0 Å². The van der Waals surface area contributed by atoms with Crippen LogP contribution in [0.1, 0.15) is 20.1 Å². The van der Waals surface area contributed by atoms with Crippen molar-refractivity contribution in [1.29, 1.82) is 0 Å². The van der Waals surface area contributed by atoms with Crippen molar-refractivity contribution < 1.29 is 14.3 Å². The number of nitrogens with zero attached hydrogens (tertiary/aromatic N) is 1. The van der Waals surface area contributed by atoms with Crippen molar-refractivity contribution in [1.82, 2.24) is 0 Å². The van der Waals surface area contributed by atoms with Gasteiger partial charge in [-0.2, -0.15) is 0 Å². The summed E-state index contributed by atoms with van der Waals surface area (Å²) < 4.78 is 13.1. The lowest BCUT2D eigenvalue weighted by atomic mass is 10.1. The number of ether oxygens (including phenoxy) is 2. The maximum absolute atomic E-state index is 11.1. The first kappa shape index (κ1) is 24.9. The second-order valence-electron chi connectivity index (χ2n) is 9.00. The minimum absolute atomic E-state index is 0.767. The van der Waals surface area contributed by atoms with Gasteiger partial charge in [0.05, 0.1) is 19.1 Å². The molecule has 0 unspecified atom stereocenters. The predicted octanol–water partition coefficient (Wildman–Crippen LogP) is 9.59. The predicted molar refractivity (Wildman–Crippen MR) is 166 cm³/mol. The molecule has 4 aromatic carbocycles. The molecule has 6 heteroatoms. The van der Waals surface area contributed by atoms with Crippen LogP contribution in [0.25, 0.3) is 32.3 Å². The van der Waals surface area contributed by atoms with Crippen molar-refractivity contribution in [3.63, 3.8) is 0 Å². The fraction of sp³-hybridized carbons (Fsp3) is 0.0606. The third kappa shape index (κ3) is 5.17. The van der Waals surface area contributed by atoms with Crippen LogP contribution in [0.2, 0.25) is 0 Å². The van der Waals surface area contributed by atoms with Crippen LogP contribution in [-0.2, 0) is 0 Å². The lowest BCUT2D eigenvalue weighted by Gasteiger charge is -2.26. The molecule has 0 aliphatic carbocycles. The molecular weight excluding hydrogens is 523 g/mol. The molecule has 0 amide bonds. The van der Waals surface area contributed by atoms with Gasteiger partial charge in [0, 0.05) is 31.3 Å². The first-order valence-electron chi connectivity index (χ1n) is 12.4. The maximum atomic E-state index is 11.1. The first-order valence-corrected chi connectivity index (χ1v) is 14.1. The molecule has 4 nitrogen and oxygen atoms in total. The zero-order chi connectivity index (χ0) is 26.8. The minimum atomic E-state index is 0.767. The van der Waals surface area contributed by atoms with E-state index in [0.29, 0.717) is 0 Å². The highest BCUT2D eigenvalue weighted by Gasteiger charge is 2.13. The number of anilines is 3. The van der Waals surface area contributed by atoms with Gasteiger partial charge in [0.25, 0.3) is 0 Å². The fourth-order valence-electron chi connectivity index (χ4n) is 4.58. The molecular formula is C33H25NO3S2. The summed E-state index contributed by atoms with van der Waals surface area (Å²) in [6, 6.07) is 33.2. The molecule has 0 radical (unpaired) electrons. The highest BCUT2D eigenvalue weighted by Crippen LogP contribution is 2.37. The summed E-state index contributed by atoms with van der Waals surface area (Å²) >= 11 is 3.30. The number of methoxy groups -OCH3 is 2. The van der Waals surface area contributed by atoms with Crippen LogP contribution in [0.4, 0.5) is 17.1 Å². The molecule has 2 heterocycles. The van der Waals surface area contributed by atoms with E-state index in [-0.39, 0.29) is 0 Å². The molecule has 6 rings (SSSR count). The number of fused-ring (bicyclic) bond motifs is 2. The Labute approximate surface area is 235 Å². The smallest absolute Gasteiger partial charge is 0.160 e. The largest absolute Gasteiger partial charge is 0.497 e. The van der Waals surface area contributed by atoms with Crippen LogP contribution in [0.15, 0.2) is 97.1 Å². The Bertz CT molecular complexity index is 1680. The Morgan fingerprint density at radius 1 is 0.590 bits per heavy atom. The normalized spacial score (nSPS) is 11.3. The number of benzene rings is 4. The molecule has 39 heavy (non-hydrogen) atoms. The van der Waals surface area contributed by atoms with Crippen molar-refractivity contribution in [3.8, 4) is 11.5 Å². The third-order valence-electron chi connectivity index (χ3n) is 6.56. The van der Waals surface area contributed by atoms with E-state index in [4.69, 9.17) is 9.47 Å². The molecule has 0 bridgehead atoms. The quantitative estimate of drug-likeness (QED) is 0.178. The zero-order valence-corrected chi connectivity index (χ0v) is 23.1. The lowest BCUT2D eigenvalue weighted by Crippen LogP contribution is -2.09. The zero-order valence-electron chi connectivity index (χ0n) is 21.5. The van der Waals surface area contributed by atoms with E-state index in [1.54, 1.807) is 25.6 Å². The number of rotatable bonds is 8. The molecule has 0 spiro atoms. The van der Waals surface area contributed by atoms with Gasteiger partial charge in [-0.1, -0.05) is 18.2 Å². The summed E-state index contributed by atoms with van der Waals surface area (Å²) in [4.78, 5) is 15.3. The number of carbonyl (C=O) groups excluding carboxylic acids is 1. The Morgan fingerprint density at radius 3 is 1.54 bits per heavy atom. The van der Waals surface area contributed by atoms with E-state index < -0.39 is 0 Å². The number of thiophene rings is 2. The van der Waals surface area contributed by atoms with Gasteiger partial charge in [-0.3, -0.25) is 4.79 Å². The average molecular weight is 548 g/mol. The van der Waals surface area contributed by atoms with E-state index in [1.807, 2.05) is 30.3 Å². The Balaban J connectivity index is 1.27. The van der Waals surface area contributed by atoms with Gasteiger partial charge in [0.15, 0.2) is 6.29 Å². The minimum Gasteiger partial charge on any atom is -0.497 e. The Morgan fingerprint density at radius 2 is 1.05 bits per heavy atom. The number of aldehydes is 1. The third-order valence-corrected chi connectivity index (χ3v) is 8.65. The van der Waals surface area contributed by atoms with Crippen molar-refractivity contribution in [2.75, 3.05) is 19.1 Å². The molecule has 0 fully saturated rings. The molecule has 0 atom stereocenters. The summed E-state index contributed by atoms with van der Waals surface area (Å²) in [6.07, 6.45) is 5.23. The van der Waals surface area contributed by atoms with Crippen LogP contribution in [0, 0.1) is 0 Å². The molecule has 0 aliphatic heterocycles. The summed E-state index contributed by atoms with van der Waals surface area (Å²) in [5.74, 6) is 1.64. The Kier molecular flexibility index (Phi) is 6.88. The molecule has 2 aromatic heterocycles.